The van der Waals surface area contributed by atoms with Crippen LogP contribution in [0.3, 0.4) is 0 Å². The van der Waals surface area contributed by atoms with Gasteiger partial charge in [0.25, 0.3) is 0 Å². The van der Waals surface area contributed by atoms with Gasteiger partial charge in [0.1, 0.15) is 6.61 Å². The Morgan fingerprint density at radius 1 is 1.22 bits per heavy atom. The lowest BCUT2D eigenvalue weighted by Gasteiger charge is -1.87. The van der Waals surface area contributed by atoms with E-state index in [4.69, 9.17) is 5.11 Å². The predicted molar refractivity (Wildman–Crippen MR) is 39.0 cm³/mol. The second-order valence-electron chi connectivity index (χ2n) is 1.97. The van der Waals surface area contributed by atoms with Crippen LogP contribution in [0.1, 0.15) is 32.6 Å². The fourth-order valence-electron chi connectivity index (χ4n) is 0.608. The number of aliphatic hydroxyl groups excluding tert-OH is 1. The van der Waals surface area contributed by atoms with Crippen LogP contribution in [0.5, 0.6) is 0 Å². The van der Waals surface area contributed by atoms with Gasteiger partial charge in [-0.25, -0.2) is 0 Å². The maximum absolute atomic E-state index is 8.25. The van der Waals surface area contributed by atoms with Crippen molar-refractivity contribution < 1.29 is 5.11 Å². The summed E-state index contributed by atoms with van der Waals surface area (Å²) in [4.78, 5) is 0. The maximum Gasteiger partial charge on any atom is 0.104 e. The summed E-state index contributed by atoms with van der Waals surface area (Å²) in [7, 11) is 0. The quantitative estimate of drug-likeness (QED) is 0.346. The Balaban J connectivity index is 2.90. The molecule has 0 spiro atoms. The Labute approximate surface area is 57.1 Å². The molecule has 0 aromatic rings. The number of rotatable bonds is 3. The van der Waals surface area contributed by atoms with E-state index in [1.54, 1.807) is 0 Å². The zero-order valence-electron chi connectivity index (χ0n) is 5.98. The zero-order valence-corrected chi connectivity index (χ0v) is 5.98. The van der Waals surface area contributed by atoms with E-state index in [0.717, 1.165) is 6.42 Å². The van der Waals surface area contributed by atoms with Gasteiger partial charge in [0.05, 0.1) is 0 Å². The number of hydrogen-bond donors (Lipinski definition) is 1. The second kappa shape index (κ2) is 7.52. The predicted octanol–water partition coefficient (Wildman–Crippen LogP) is 1.56. The van der Waals surface area contributed by atoms with Gasteiger partial charge in [0.2, 0.25) is 0 Å². The molecule has 0 saturated carbocycles. The minimum Gasteiger partial charge on any atom is -0.384 e. The van der Waals surface area contributed by atoms with Crippen LogP contribution in [0.2, 0.25) is 0 Å². The van der Waals surface area contributed by atoms with E-state index in [2.05, 4.69) is 18.8 Å². The van der Waals surface area contributed by atoms with Gasteiger partial charge in [-0.1, -0.05) is 25.7 Å². The Hall–Kier alpha value is -0.480. The monoisotopic (exact) mass is 127 g/mol. The summed E-state index contributed by atoms with van der Waals surface area (Å²) >= 11 is 0. The van der Waals surface area contributed by atoms with Crippen molar-refractivity contribution in [3.8, 4) is 11.8 Å². The summed E-state index contributed by atoms with van der Waals surface area (Å²) in [6, 6.07) is 0. The molecule has 0 aliphatic heterocycles. The summed E-state index contributed by atoms with van der Waals surface area (Å²) in [5, 5.41) is 8.25. The van der Waals surface area contributed by atoms with Crippen LogP contribution >= 0.6 is 0 Å². The average molecular weight is 127 g/mol. The van der Waals surface area contributed by atoms with Gasteiger partial charge in [-0.3, -0.25) is 0 Å². The van der Waals surface area contributed by atoms with Crippen LogP contribution < -0.4 is 0 Å². The molecule has 0 unspecified atom stereocenters. The molecule has 9 heavy (non-hydrogen) atoms. The highest BCUT2D eigenvalue weighted by molar-refractivity contribution is 4.98. The molecule has 0 aromatic carbocycles. The van der Waals surface area contributed by atoms with Gasteiger partial charge < -0.3 is 5.11 Å². The van der Waals surface area contributed by atoms with Crippen LogP contribution in [-0.2, 0) is 0 Å². The summed E-state index contributed by atoms with van der Waals surface area (Å²) in [5.74, 6) is 5.48. The molecule has 1 nitrogen and oxygen atoms in total. The fourth-order valence-corrected chi connectivity index (χ4v) is 0.608. The van der Waals surface area contributed by atoms with E-state index >= 15 is 0 Å². The minimum atomic E-state index is 0.00608. The molecule has 0 radical (unpaired) electrons. The lowest BCUT2D eigenvalue weighted by Crippen LogP contribution is -1.74. The molecule has 0 saturated heterocycles. The van der Waals surface area contributed by atoms with Crippen molar-refractivity contribution in [2.75, 3.05) is 6.61 Å². The van der Waals surface area contributed by atoms with Crippen LogP contribution in [0.15, 0.2) is 0 Å². The van der Waals surface area contributed by atoms with Crippen LogP contribution in [0.25, 0.3) is 0 Å². The molecule has 1 heteroatoms. The van der Waals surface area contributed by atoms with Gasteiger partial charge in [-0.15, -0.1) is 5.92 Å². The van der Waals surface area contributed by atoms with E-state index in [1.165, 1.54) is 19.3 Å². The lowest BCUT2D eigenvalue weighted by atomic mass is 10.2. The van der Waals surface area contributed by atoms with Gasteiger partial charge in [0.15, 0.2) is 0 Å². The Morgan fingerprint density at radius 3 is 2.56 bits per heavy atom. The topological polar surface area (TPSA) is 20.2 Å². The summed E-state index contributed by atoms with van der Waals surface area (Å²) in [6.45, 7) is 2.17. The average Bonchev–Trinajstić information content (AvgIpc) is 1.89. The maximum atomic E-state index is 8.25. The first-order valence-corrected chi connectivity index (χ1v) is 3.48. The van der Waals surface area contributed by atoms with Crippen molar-refractivity contribution in [3.63, 3.8) is 0 Å². The normalized spacial score (nSPS) is 8.22. The summed E-state index contributed by atoms with van der Waals surface area (Å²) < 4.78 is 0. The van der Waals surface area contributed by atoms with E-state index in [9.17, 15) is 0 Å². The molecule has 0 rings (SSSR count). The highest BCUT2D eigenvalue weighted by atomic mass is 16.3. The summed E-state index contributed by atoms with van der Waals surface area (Å²) in [5.41, 5.74) is 0. The zero-order chi connectivity index (χ0) is 6.95. The third kappa shape index (κ3) is 7.52. The van der Waals surface area contributed by atoms with E-state index < -0.39 is 0 Å². The molecular weight excluding hydrogens is 113 g/mol. The van der Waals surface area contributed by atoms with Crippen LogP contribution in [0.4, 0.5) is 0 Å². The molecular formula is C8H14O. The second-order valence-corrected chi connectivity index (χ2v) is 1.97. The molecule has 52 valence electrons. The molecule has 0 heterocycles. The molecule has 0 aliphatic carbocycles. The lowest BCUT2D eigenvalue weighted by molar-refractivity contribution is 0.350. The first-order chi connectivity index (χ1) is 4.41. The molecule has 0 amide bonds. The Kier molecular flexibility index (Phi) is 7.12. The molecule has 1 N–H and O–H groups in total. The Bertz CT molecular complexity index is 96.9. The number of aliphatic hydroxyl groups is 1. The number of unbranched alkanes of at least 4 members (excludes halogenated alkanes) is 3. The largest absolute Gasteiger partial charge is 0.384 e. The number of hydrogen-bond acceptors (Lipinski definition) is 1. The molecule has 0 aliphatic rings. The van der Waals surface area contributed by atoms with Gasteiger partial charge in [0, 0.05) is 6.42 Å². The van der Waals surface area contributed by atoms with Crippen molar-refractivity contribution in [3.05, 3.63) is 0 Å². The smallest absolute Gasteiger partial charge is 0.104 e. The first kappa shape index (κ1) is 8.52. The molecule has 0 atom stereocenters. The molecule has 0 aromatic heterocycles. The summed E-state index contributed by atoms with van der Waals surface area (Å²) in [6.07, 6.45) is 4.60. The van der Waals surface area contributed by atoms with Crippen molar-refractivity contribution in [1.29, 1.82) is 0 Å². The van der Waals surface area contributed by atoms with E-state index in [1.807, 2.05) is 0 Å². The highest BCUT2D eigenvalue weighted by Crippen LogP contribution is 1.96. The third-order valence-electron chi connectivity index (χ3n) is 1.11. The standard InChI is InChI=1S/C8H14O/c1-2-3-4-5-6-7-8-9/h9H,2-5,8H2,1H3/i8+1. The van der Waals surface area contributed by atoms with Crippen molar-refractivity contribution >= 4 is 0 Å². The molecule has 0 bridgehead atoms. The van der Waals surface area contributed by atoms with Gasteiger partial charge in [-0.2, -0.15) is 0 Å². The van der Waals surface area contributed by atoms with Gasteiger partial charge >= 0.3 is 0 Å². The van der Waals surface area contributed by atoms with Crippen LogP contribution in [-0.4, -0.2) is 11.7 Å². The molecule has 0 fully saturated rings. The first-order valence-electron chi connectivity index (χ1n) is 3.48. The van der Waals surface area contributed by atoms with E-state index in [0.29, 0.717) is 0 Å². The van der Waals surface area contributed by atoms with Crippen molar-refractivity contribution in [2.24, 2.45) is 0 Å². The highest BCUT2D eigenvalue weighted by Gasteiger charge is 1.79. The third-order valence-corrected chi connectivity index (χ3v) is 1.11. The minimum absolute atomic E-state index is 0.00608. The van der Waals surface area contributed by atoms with Crippen molar-refractivity contribution in [1.82, 2.24) is 0 Å². The Morgan fingerprint density at radius 2 is 2.00 bits per heavy atom. The van der Waals surface area contributed by atoms with E-state index in [-0.39, 0.29) is 6.61 Å². The fraction of sp³-hybridized carbons (Fsp3) is 0.750. The van der Waals surface area contributed by atoms with Crippen molar-refractivity contribution in [2.45, 2.75) is 32.6 Å². The van der Waals surface area contributed by atoms with Crippen LogP contribution in [0, 0.1) is 11.8 Å². The van der Waals surface area contributed by atoms with Gasteiger partial charge in [-0.05, 0) is 6.42 Å². The SMILES string of the molecule is CCCCCC#C[13CH2]O.